The van der Waals surface area contributed by atoms with Crippen molar-refractivity contribution in [3.8, 4) is 0 Å². The Morgan fingerprint density at radius 3 is 2.38 bits per heavy atom. The predicted molar refractivity (Wildman–Crippen MR) is 88.1 cm³/mol. The van der Waals surface area contributed by atoms with Crippen LogP contribution in [0.3, 0.4) is 0 Å². The van der Waals surface area contributed by atoms with Crippen LogP contribution >= 0.6 is 11.6 Å². The van der Waals surface area contributed by atoms with Gasteiger partial charge in [0.2, 0.25) is 0 Å². The second-order valence-electron chi connectivity index (χ2n) is 6.53. The molecule has 1 N–H and O–H groups in total. The topological polar surface area (TPSA) is 35.6 Å². The van der Waals surface area contributed by atoms with Crippen molar-refractivity contribution < 1.29 is 4.79 Å². The Kier molecular flexibility index (Phi) is 4.79. The highest BCUT2D eigenvalue weighted by Gasteiger charge is 2.27. The van der Waals surface area contributed by atoms with Crippen LogP contribution in [0.15, 0.2) is 18.2 Å². The minimum Gasteiger partial charge on any atom is -0.322 e. The van der Waals surface area contributed by atoms with Crippen LogP contribution in [-0.2, 0) is 0 Å². The van der Waals surface area contributed by atoms with Gasteiger partial charge in [0.15, 0.2) is 0 Å². The first-order valence-corrected chi connectivity index (χ1v) is 7.72. The first-order valence-electron chi connectivity index (χ1n) is 7.34. The number of benzene rings is 1. The highest BCUT2D eigenvalue weighted by atomic mass is 35.5. The van der Waals surface area contributed by atoms with Crippen molar-refractivity contribution >= 4 is 23.3 Å². The molecule has 0 aromatic heterocycles. The maximum absolute atomic E-state index is 12.3. The molecule has 21 heavy (non-hydrogen) atoms. The van der Waals surface area contributed by atoms with Crippen LogP contribution in [0.2, 0.25) is 5.02 Å². The Hall–Kier alpha value is -1.26. The highest BCUT2D eigenvalue weighted by Crippen LogP contribution is 2.21. The van der Waals surface area contributed by atoms with E-state index in [0.717, 1.165) is 37.4 Å². The molecule has 0 bridgehead atoms. The summed E-state index contributed by atoms with van der Waals surface area (Å²) in [5.74, 6) is 0. The van der Waals surface area contributed by atoms with E-state index in [0.29, 0.717) is 5.02 Å². The van der Waals surface area contributed by atoms with Gasteiger partial charge in [-0.15, -0.1) is 0 Å². The number of rotatable bonds is 1. The van der Waals surface area contributed by atoms with Crippen molar-refractivity contribution in [1.82, 2.24) is 9.80 Å². The lowest BCUT2D eigenvalue weighted by molar-refractivity contribution is 0.0774. The summed E-state index contributed by atoms with van der Waals surface area (Å²) in [5.41, 5.74) is 1.96. The minimum atomic E-state index is -0.0473. The van der Waals surface area contributed by atoms with Crippen molar-refractivity contribution in [2.45, 2.75) is 33.2 Å². The minimum absolute atomic E-state index is 0.0473. The van der Waals surface area contributed by atoms with Gasteiger partial charge in [-0.25, -0.2) is 4.79 Å². The molecule has 1 heterocycles. The Morgan fingerprint density at radius 1 is 1.19 bits per heavy atom. The van der Waals surface area contributed by atoms with Gasteiger partial charge in [0, 0.05) is 42.4 Å². The van der Waals surface area contributed by atoms with Gasteiger partial charge in [-0.2, -0.15) is 0 Å². The van der Waals surface area contributed by atoms with Crippen LogP contribution in [-0.4, -0.2) is 47.5 Å². The molecule has 5 heteroatoms. The molecule has 0 aliphatic carbocycles. The maximum atomic E-state index is 12.3. The molecule has 4 nitrogen and oxygen atoms in total. The summed E-state index contributed by atoms with van der Waals surface area (Å²) in [4.78, 5) is 16.6. The lowest BCUT2D eigenvalue weighted by atomic mass is 10.1. The molecule has 0 atom stereocenters. The third kappa shape index (κ3) is 4.11. The second kappa shape index (κ2) is 6.24. The van der Waals surface area contributed by atoms with E-state index in [4.69, 9.17) is 11.6 Å². The van der Waals surface area contributed by atoms with Crippen molar-refractivity contribution in [3.05, 3.63) is 28.8 Å². The van der Waals surface area contributed by atoms with E-state index in [2.05, 4.69) is 31.0 Å². The van der Waals surface area contributed by atoms with Gasteiger partial charge in [0.05, 0.1) is 0 Å². The fourth-order valence-corrected chi connectivity index (χ4v) is 2.68. The molecule has 0 spiro atoms. The fourth-order valence-electron chi connectivity index (χ4n) is 2.50. The average molecular weight is 310 g/mol. The number of carbonyl (C=O) groups is 1. The Balaban J connectivity index is 1.95. The molecular formula is C16H24ClN3O. The molecule has 1 aromatic rings. The molecule has 1 aromatic carbocycles. The van der Waals surface area contributed by atoms with Gasteiger partial charge in [-0.05, 0) is 45.4 Å². The zero-order valence-corrected chi connectivity index (χ0v) is 14.0. The number of halogens is 1. The molecule has 2 amide bonds. The lowest BCUT2D eigenvalue weighted by Gasteiger charge is -2.42. The zero-order valence-electron chi connectivity index (χ0n) is 13.2. The number of nitrogens with zero attached hydrogens (tertiary/aromatic N) is 2. The first-order chi connectivity index (χ1) is 9.77. The van der Waals surface area contributed by atoms with Gasteiger partial charge in [0.25, 0.3) is 0 Å². The third-order valence-electron chi connectivity index (χ3n) is 3.96. The molecule has 0 saturated carbocycles. The number of piperazine rings is 1. The summed E-state index contributed by atoms with van der Waals surface area (Å²) in [6.07, 6.45) is 0. The standard InChI is InChI=1S/C16H24ClN3O/c1-12-5-6-13(17)11-14(12)18-15(21)19-7-9-20(10-8-19)16(2,3)4/h5-6,11H,7-10H2,1-4H3,(H,18,21). The van der Waals surface area contributed by atoms with Crippen LogP contribution in [0.25, 0.3) is 0 Å². The van der Waals surface area contributed by atoms with E-state index < -0.39 is 0 Å². The van der Waals surface area contributed by atoms with Crippen molar-refractivity contribution in [1.29, 1.82) is 0 Å². The molecule has 1 fully saturated rings. The molecule has 0 unspecified atom stereocenters. The normalized spacial score (nSPS) is 16.9. The summed E-state index contributed by atoms with van der Waals surface area (Å²) in [5, 5.41) is 3.59. The fraction of sp³-hybridized carbons (Fsp3) is 0.562. The van der Waals surface area contributed by atoms with E-state index >= 15 is 0 Å². The summed E-state index contributed by atoms with van der Waals surface area (Å²) in [6, 6.07) is 5.48. The average Bonchev–Trinajstić information content (AvgIpc) is 2.42. The van der Waals surface area contributed by atoms with Crippen molar-refractivity contribution in [2.75, 3.05) is 31.5 Å². The van der Waals surface area contributed by atoms with Crippen LogP contribution in [0.5, 0.6) is 0 Å². The third-order valence-corrected chi connectivity index (χ3v) is 4.19. The monoisotopic (exact) mass is 309 g/mol. The first kappa shape index (κ1) is 16.1. The molecule has 1 saturated heterocycles. The van der Waals surface area contributed by atoms with E-state index in [1.54, 1.807) is 6.07 Å². The molecular weight excluding hydrogens is 286 g/mol. The number of anilines is 1. The number of carbonyl (C=O) groups excluding carboxylic acids is 1. The Bertz CT molecular complexity index is 517. The largest absolute Gasteiger partial charge is 0.322 e. The second-order valence-corrected chi connectivity index (χ2v) is 6.97. The van der Waals surface area contributed by atoms with Gasteiger partial charge in [-0.1, -0.05) is 17.7 Å². The summed E-state index contributed by atoms with van der Waals surface area (Å²) in [7, 11) is 0. The number of hydrogen-bond donors (Lipinski definition) is 1. The predicted octanol–water partition coefficient (Wildman–Crippen LogP) is 3.60. The van der Waals surface area contributed by atoms with E-state index in [1.165, 1.54) is 0 Å². The molecule has 0 radical (unpaired) electrons. The Labute approximate surface area is 132 Å². The quantitative estimate of drug-likeness (QED) is 0.860. The Morgan fingerprint density at radius 2 is 1.81 bits per heavy atom. The lowest BCUT2D eigenvalue weighted by Crippen LogP contribution is -2.55. The van der Waals surface area contributed by atoms with Crippen molar-refractivity contribution in [3.63, 3.8) is 0 Å². The zero-order chi connectivity index (χ0) is 15.6. The van der Waals surface area contributed by atoms with Gasteiger partial charge in [0.1, 0.15) is 0 Å². The van der Waals surface area contributed by atoms with Crippen molar-refractivity contribution in [2.24, 2.45) is 0 Å². The number of hydrogen-bond acceptors (Lipinski definition) is 2. The maximum Gasteiger partial charge on any atom is 0.321 e. The number of aryl methyl sites for hydroxylation is 1. The van der Waals surface area contributed by atoms with Gasteiger partial charge < -0.3 is 10.2 Å². The van der Waals surface area contributed by atoms with Crippen LogP contribution in [0.1, 0.15) is 26.3 Å². The smallest absolute Gasteiger partial charge is 0.321 e. The number of urea groups is 1. The van der Waals surface area contributed by atoms with Gasteiger partial charge >= 0.3 is 6.03 Å². The molecule has 1 aliphatic heterocycles. The summed E-state index contributed by atoms with van der Waals surface area (Å²) < 4.78 is 0. The van der Waals surface area contributed by atoms with E-state index in [9.17, 15) is 4.79 Å². The van der Waals surface area contributed by atoms with Crippen LogP contribution in [0, 0.1) is 6.92 Å². The molecule has 116 valence electrons. The number of nitrogens with one attached hydrogen (secondary N) is 1. The van der Waals surface area contributed by atoms with E-state index in [-0.39, 0.29) is 11.6 Å². The van der Waals surface area contributed by atoms with E-state index in [1.807, 2.05) is 24.0 Å². The van der Waals surface area contributed by atoms with Crippen LogP contribution in [0.4, 0.5) is 10.5 Å². The molecule has 2 rings (SSSR count). The summed E-state index contributed by atoms with van der Waals surface area (Å²) in [6.45, 7) is 11.9. The molecule has 1 aliphatic rings. The number of amides is 2. The highest BCUT2D eigenvalue weighted by molar-refractivity contribution is 6.31. The SMILES string of the molecule is Cc1ccc(Cl)cc1NC(=O)N1CCN(C(C)(C)C)CC1. The van der Waals surface area contributed by atoms with Crippen LogP contribution < -0.4 is 5.32 Å². The summed E-state index contributed by atoms with van der Waals surface area (Å²) >= 11 is 5.98. The van der Waals surface area contributed by atoms with Gasteiger partial charge in [-0.3, -0.25) is 4.90 Å².